The second-order valence-corrected chi connectivity index (χ2v) is 5.50. The first-order valence-corrected chi connectivity index (χ1v) is 5.19. The van der Waals surface area contributed by atoms with Gasteiger partial charge in [0.2, 0.25) is 0 Å². The quantitative estimate of drug-likeness (QED) is 0.394. The monoisotopic (exact) mass is 175 g/mol. The summed E-state index contributed by atoms with van der Waals surface area (Å²) >= 11 is 0. The van der Waals surface area contributed by atoms with Crippen molar-refractivity contribution < 1.29 is 8.42 Å². The van der Waals surface area contributed by atoms with Crippen LogP contribution in [0.15, 0.2) is 11.1 Å². The third-order valence-electron chi connectivity index (χ3n) is 0.989. The van der Waals surface area contributed by atoms with E-state index in [1.54, 1.807) is 0 Å². The van der Waals surface area contributed by atoms with E-state index in [1.165, 1.54) is 13.2 Å². The number of nitrogens with zero attached hydrogens (tertiary/aromatic N) is 1. The Bertz CT molecular complexity index is 309. The van der Waals surface area contributed by atoms with Gasteiger partial charge in [-0.3, -0.25) is 4.31 Å². The van der Waals surface area contributed by atoms with Gasteiger partial charge in [0.15, 0.2) is 0 Å². The summed E-state index contributed by atoms with van der Waals surface area (Å²) in [6.45, 7) is 0. The Morgan fingerprint density at radius 3 is 2.60 bits per heavy atom. The maximum Gasteiger partial charge on any atom is 0.293 e. The molecule has 1 aliphatic rings. The molecule has 10 heavy (non-hydrogen) atoms. The fraction of sp³-hybridized carbons (Fsp3) is 0.200. The molecule has 0 bridgehead atoms. The molecule has 0 unspecified atom stereocenters. The maximum atomic E-state index is 10.9. The molecule has 1 aliphatic heterocycles. The topological polar surface area (TPSA) is 37.4 Å². The lowest BCUT2D eigenvalue weighted by molar-refractivity contribution is 0.559. The number of rotatable bonds is 0. The molecule has 0 radical (unpaired) electrons. The summed E-state index contributed by atoms with van der Waals surface area (Å²) in [4.78, 5) is 0.433. The van der Waals surface area contributed by atoms with Gasteiger partial charge >= 0.3 is 0 Å². The number of hydrogen-bond acceptors (Lipinski definition) is 3. The first-order chi connectivity index (χ1) is 4.56. The van der Waals surface area contributed by atoms with E-state index in [0.29, 0.717) is 15.7 Å². The fourth-order valence-corrected chi connectivity index (χ4v) is 2.82. The summed E-state index contributed by atoms with van der Waals surface area (Å²) in [6, 6.07) is 0. The van der Waals surface area contributed by atoms with E-state index in [4.69, 9.17) is 6.42 Å². The predicted molar refractivity (Wildman–Crippen MR) is 41.2 cm³/mol. The molecule has 0 spiro atoms. The Kier molecular flexibility index (Phi) is 1.67. The molecule has 0 saturated carbocycles. The van der Waals surface area contributed by atoms with E-state index in [1.807, 2.05) is 0 Å². The van der Waals surface area contributed by atoms with Gasteiger partial charge in [-0.05, 0) is 0 Å². The van der Waals surface area contributed by atoms with Gasteiger partial charge in [0.25, 0.3) is 9.06 Å². The van der Waals surface area contributed by atoms with Crippen LogP contribution in [-0.2, 0) is 9.06 Å². The molecule has 0 aromatic rings. The first-order valence-electron chi connectivity index (χ1n) is 2.42. The van der Waals surface area contributed by atoms with Gasteiger partial charge in [-0.1, -0.05) is 5.92 Å². The zero-order valence-electron chi connectivity index (χ0n) is 5.23. The minimum Gasteiger partial charge on any atom is -0.270 e. The Balaban J connectivity index is 3.00. The Morgan fingerprint density at radius 2 is 2.40 bits per heavy atom. The molecule has 0 aliphatic carbocycles. The molecule has 0 atom stereocenters. The zero-order valence-corrected chi connectivity index (χ0v) is 6.87. The van der Waals surface area contributed by atoms with Crippen LogP contribution in [0.5, 0.6) is 0 Å². The third kappa shape index (κ3) is 1.13. The summed E-state index contributed by atoms with van der Waals surface area (Å²) in [6.07, 6.45) is 6.40. The van der Waals surface area contributed by atoms with Crippen LogP contribution in [-0.4, -0.2) is 19.8 Å². The van der Waals surface area contributed by atoms with Gasteiger partial charge < -0.3 is 0 Å². The fourth-order valence-electron chi connectivity index (χ4n) is 0.485. The average molecular weight is 175 g/mol. The Hall–Kier alpha value is -0.600. The van der Waals surface area contributed by atoms with Crippen molar-refractivity contribution in [2.75, 3.05) is 7.05 Å². The molecule has 0 saturated heterocycles. The molecular weight excluding hydrogens is 170 g/mol. The van der Waals surface area contributed by atoms with Crippen molar-refractivity contribution in [3.8, 4) is 12.3 Å². The minimum atomic E-state index is -3.17. The van der Waals surface area contributed by atoms with E-state index in [9.17, 15) is 8.42 Å². The SMILES string of the molecule is C#CC1=CN(C)S(=O)(=O)S1. The molecule has 54 valence electrons. The lowest BCUT2D eigenvalue weighted by Crippen LogP contribution is -2.12. The van der Waals surface area contributed by atoms with Crippen LogP contribution < -0.4 is 0 Å². The van der Waals surface area contributed by atoms with Gasteiger partial charge in [-0.2, -0.15) is 8.42 Å². The van der Waals surface area contributed by atoms with E-state index < -0.39 is 9.06 Å². The molecule has 1 rings (SSSR count). The van der Waals surface area contributed by atoms with Gasteiger partial charge in [-0.25, -0.2) is 0 Å². The van der Waals surface area contributed by atoms with Crippen molar-refractivity contribution in [2.45, 2.75) is 0 Å². The molecule has 0 aromatic carbocycles. The molecular formula is C5H5NO2S2. The van der Waals surface area contributed by atoms with Gasteiger partial charge in [0.05, 0.1) is 4.91 Å². The molecule has 5 heteroatoms. The lowest BCUT2D eigenvalue weighted by Gasteiger charge is -2.02. The lowest BCUT2D eigenvalue weighted by atomic mass is 10.6. The highest BCUT2D eigenvalue weighted by Gasteiger charge is 2.24. The smallest absolute Gasteiger partial charge is 0.270 e. The van der Waals surface area contributed by atoms with Crippen molar-refractivity contribution in [2.24, 2.45) is 0 Å². The second kappa shape index (κ2) is 2.22. The molecule has 0 amide bonds. The van der Waals surface area contributed by atoms with Gasteiger partial charge in [0, 0.05) is 24.0 Å². The first kappa shape index (κ1) is 7.51. The van der Waals surface area contributed by atoms with Crippen LogP contribution in [0.25, 0.3) is 0 Å². The summed E-state index contributed by atoms with van der Waals surface area (Å²) in [7, 11) is -1.02. The molecule has 3 nitrogen and oxygen atoms in total. The van der Waals surface area contributed by atoms with E-state index >= 15 is 0 Å². The second-order valence-electron chi connectivity index (χ2n) is 1.69. The standard InChI is InChI=1S/C5H5NO2S2/c1-3-5-4-6(2)10(7,8)9-5/h1,4H,2H3. The molecule has 0 aromatic heterocycles. The third-order valence-corrected chi connectivity index (χ3v) is 4.29. The maximum absolute atomic E-state index is 10.9. The van der Waals surface area contributed by atoms with E-state index in [2.05, 4.69) is 5.92 Å². The largest absolute Gasteiger partial charge is 0.293 e. The van der Waals surface area contributed by atoms with Crippen LogP contribution in [0.3, 0.4) is 0 Å². The Morgan fingerprint density at radius 1 is 1.80 bits per heavy atom. The molecule has 0 fully saturated rings. The van der Waals surface area contributed by atoms with Crippen LogP contribution in [0, 0.1) is 12.3 Å². The average Bonchev–Trinajstić information content (AvgIpc) is 2.08. The summed E-state index contributed by atoms with van der Waals surface area (Å²) < 4.78 is 22.8. The number of hydrogen-bond donors (Lipinski definition) is 0. The highest BCUT2D eigenvalue weighted by Crippen LogP contribution is 2.32. The van der Waals surface area contributed by atoms with Crippen LogP contribution >= 0.6 is 10.8 Å². The zero-order chi connectivity index (χ0) is 7.78. The number of terminal acetylenes is 1. The van der Waals surface area contributed by atoms with Crippen LogP contribution in [0.2, 0.25) is 0 Å². The van der Waals surface area contributed by atoms with Crippen molar-refractivity contribution in [3.63, 3.8) is 0 Å². The van der Waals surface area contributed by atoms with Crippen molar-refractivity contribution in [3.05, 3.63) is 11.1 Å². The summed E-state index contributed by atoms with van der Waals surface area (Å²) in [5.41, 5.74) is 0. The normalized spacial score (nSPS) is 22.0. The van der Waals surface area contributed by atoms with Crippen LogP contribution in [0.4, 0.5) is 0 Å². The van der Waals surface area contributed by atoms with Crippen molar-refractivity contribution >= 4 is 19.8 Å². The van der Waals surface area contributed by atoms with E-state index in [0.717, 1.165) is 4.31 Å². The van der Waals surface area contributed by atoms with E-state index in [-0.39, 0.29) is 0 Å². The van der Waals surface area contributed by atoms with Crippen molar-refractivity contribution in [1.82, 2.24) is 4.31 Å². The predicted octanol–water partition coefficient (Wildman–Crippen LogP) is 0.384. The summed E-state index contributed by atoms with van der Waals surface area (Å²) in [5.74, 6) is 2.25. The Labute approximate surface area is 63.5 Å². The van der Waals surface area contributed by atoms with Gasteiger partial charge in [0.1, 0.15) is 0 Å². The summed E-state index contributed by atoms with van der Waals surface area (Å²) in [5, 5.41) is 0. The highest BCUT2D eigenvalue weighted by atomic mass is 33.1. The van der Waals surface area contributed by atoms with Crippen LogP contribution in [0.1, 0.15) is 0 Å². The molecule has 0 N–H and O–H groups in total. The highest BCUT2D eigenvalue weighted by molar-refractivity contribution is 8.73. The van der Waals surface area contributed by atoms with Gasteiger partial charge in [-0.15, -0.1) is 6.42 Å². The minimum absolute atomic E-state index is 0.433. The molecule has 1 heterocycles. The number of allylic oxidation sites excluding steroid dienone is 1. The van der Waals surface area contributed by atoms with Crippen molar-refractivity contribution in [1.29, 1.82) is 0 Å².